The van der Waals surface area contributed by atoms with E-state index in [1.54, 1.807) is 0 Å². The van der Waals surface area contributed by atoms with Crippen LogP contribution in [0, 0.1) is 19.8 Å². The zero-order valence-corrected chi connectivity index (χ0v) is 13.2. The second kappa shape index (κ2) is 6.38. The van der Waals surface area contributed by atoms with Crippen molar-refractivity contribution in [1.82, 2.24) is 4.68 Å². The van der Waals surface area contributed by atoms with E-state index in [1.165, 1.54) is 49.1 Å². The molecule has 0 bridgehead atoms. The Morgan fingerprint density at radius 2 is 1.52 bits per heavy atom. The summed E-state index contributed by atoms with van der Waals surface area (Å²) in [4.78, 5) is 0. The van der Waals surface area contributed by atoms with Crippen LogP contribution in [0.1, 0.15) is 55.1 Å². The summed E-state index contributed by atoms with van der Waals surface area (Å²) >= 11 is 0. The van der Waals surface area contributed by atoms with Gasteiger partial charge in [0.2, 0.25) is 0 Å². The lowest BCUT2D eigenvalue weighted by Crippen LogP contribution is -2.30. The van der Waals surface area contributed by atoms with Crippen LogP contribution < -0.4 is 5.43 Å². The predicted octanol–water partition coefficient (Wildman–Crippen LogP) is 4.97. The Balaban J connectivity index is 1.88. The van der Waals surface area contributed by atoms with Crippen LogP contribution >= 0.6 is 0 Å². The van der Waals surface area contributed by atoms with Crippen molar-refractivity contribution in [2.24, 2.45) is 5.92 Å². The molecule has 3 rings (SSSR count). The zero-order chi connectivity index (χ0) is 14.7. The van der Waals surface area contributed by atoms with E-state index in [-0.39, 0.29) is 0 Å². The lowest BCUT2D eigenvalue weighted by atomic mass is 9.81. The molecule has 1 N–H and O–H groups in total. The molecule has 2 aromatic rings. The van der Waals surface area contributed by atoms with E-state index in [1.807, 2.05) is 0 Å². The third kappa shape index (κ3) is 3.15. The third-order valence-corrected chi connectivity index (χ3v) is 4.82. The molecule has 1 atom stereocenters. The Hall–Kier alpha value is -1.70. The molecule has 1 fully saturated rings. The Kier molecular flexibility index (Phi) is 4.33. The molecule has 0 aliphatic heterocycles. The highest BCUT2D eigenvalue weighted by Gasteiger charge is 2.25. The smallest absolute Gasteiger partial charge is 0.0701 e. The normalized spacial score (nSPS) is 17.6. The number of aryl methyl sites for hydroxylation is 2. The molecular formula is C19H26N2. The second-order valence-electron chi connectivity index (χ2n) is 6.37. The summed E-state index contributed by atoms with van der Waals surface area (Å²) in [5.74, 6) is 0.738. The highest BCUT2D eigenvalue weighted by Crippen LogP contribution is 2.35. The maximum atomic E-state index is 3.80. The van der Waals surface area contributed by atoms with Gasteiger partial charge < -0.3 is 5.43 Å². The molecule has 0 amide bonds. The van der Waals surface area contributed by atoms with Crippen LogP contribution in [0.3, 0.4) is 0 Å². The predicted molar refractivity (Wildman–Crippen MR) is 89.0 cm³/mol. The maximum Gasteiger partial charge on any atom is 0.0701 e. The van der Waals surface area contributed by atoms with E-state index in [2.05, 4.69) is 66.4 Å². The van der Waals surface area contributed by atoms with Crippen LogP contribution in [0.4, 0.5) is 0 Å². The molecule has 1 saturated carbocycles. The van der Waals surface area contributed by atoms with Crippen molar-refractivity contribution in [3.05, 3.63) is 59.4 Å². The number of aromatic nitrogens is 1. The fourth-order valence-electron chi connectivity index (χ4n) is 3.59. The minimum atomic E-state index is 0.413. The van der Waals surface area contributed by atoms with E-state index in [4.69, 9.17) is 0 Å². The van der Waals surface area contributed by atoms with Crippen molar-refractivity contribution in [2.75, 3.05) is 5.43 Å². The minimum Gasteiger partial charge on any atom is -0.318 e. The highest BCUT2D eigenvalue weighted by atomic mass is 15.4. The molecule has 0 spiro atoms. The molecule has 1 heterocycles. The molecular weight excluding hydrogens is 256 g/mol. The van der Waals surface area contributed by atoms with Gasteiger partial charge in [0.25, 0.3) is 0 Å². The van der Waals surface area contributed by atoms with Crippen LogP contribution in [0.25, 0.3) is 0 Å². The van der Waals surface area contributed by atoms with Crippen LogP contribution in [0.15, 0.2) is 42.5 Å². The average Bonchev–Trinajstić information content (AvgIpc) is 2.85. The standard InChI is InChI=1S/C19H26N2/c1-15-13-14-16(2)21(15)20-19(17-9-5-3-6-10-17)18-11-7-4-8-12-18/h3,5-6,9-10,13-14,18-20H,4,7-8,11-12H2,1-2H3. The van der Waals surface area contributed by atoms with E-state index in [0.29, 0.717) is 6.04 Å². The summed E-state index contributed by atoms with van der Waals surface area (Å²) in [6, 6.07) is 15.7. The van der Waals surface area contributed by atoms with Crippen molar-refractivity contribution in [3.8, 4) is 0 Å². The van der Waals surface area contributed by atoms with Gasteiger partial charge in [-0.1, -0.05) is 49.6 Å². The van der Waals surface area contributed by atoms with E-state index < -0.39 is 0 Å². The fourth-order valence-corrected chi connectivity index (χ4v) is 3.59. The Morgan fingerprint density at radius 3 is 2.14 bits per heavy atom. The number of nitrogens with zero attached hydrogens (tertiary/aromatic N) is 1. The van der Waals surface area contributed by atoms with Gasteiger partial charge in [0.15, 0.2) is 0 Å². The first-order chi connectivity index (χ1) is 10.3. The van der Waals surface area contributed by atoms with Crippen molar-refractivity contribution in [2.45, 2.75) is 52.0 Å². The lowest BCUT2D eigenvalue weighted by Gasteiger charge is -2.33. The van der Waals surface area contributed by atoms with Gasteiger partial charge in [-0.05, 0) is 50.3 Å². The summed E-state index contributed by atoms with van der Waals surface area (Å²) in [5, 5.41) is 0. The molecule has 0 saturated heterocycles. The lowest BCUT2D eigenvalue weighted by molar-refractivity contribution is 0.308. The van der Waals surface area contributed by atoms with Crippen molar-refractivity contribution >= 4 is 0 Å². The SMILES string of the molecule is Cc1ccc(C)n1NC(c1ccccc1)C1CCCCC1. The molecule has 2 nitrogen and oxygen atoms in total. The van der Waals surface area contributed by atoms with Gasteiger partial charge in [-0.15, -0.1) is 0 Å². The average molecular weight is 282 g/mol. The van der Waals surface area contributed by atoms with Crippen LogP contribution in [0.2, 0.25) is 0 Å². The summed E-state index contributed by atoms with van der Waals surface area (Å²) in [5.41, 5.74) is 7.78. The van der Waals surface area contributed by atoms with E-state index in [0.717, 1.165) is 5.92 Å². The summed E-state index contributed by atoms with van der Waals surface area (Å²) in [7, 11) is 0. The van der Waals surface area contributed by atoms with Gasteiger partial charge in [-0.3, -0.25) is 4.68 Å². The Bertz CT molecular complexity index is 545. The van der Waals surface area contributed by atoms with Crippen molar-refractivity contribution in [3.63, 3.8) is 0 Å². The fraction of sp³-hybridized carbons (Fsp3) is 0.474. The molecule has 0 radical (unpaired) electrons. The molecule has 1 aromatic carbocycles. The molecule has 1 aromatic heterocycles. The zero-order valence-electron chi connectivity index (χ0n) is 13.2. The molecule has 1 unspecified atom stereocenters. The van der Waals surface area contributed by atoms with Gasteiger partial charge in [0.05, 0.1) is 6.04 Å². The largest absolute Gasteiger partial charge is 0.318 e. The maximum absolute atomic E-state index is 3.80. The number of nitrogens with one attached hydrogen (secondary N) is 1. The second-order valence-corrected chi connectivity index (χ2v) is 6.37. The molecule has 1 aliphatic carbocycles. The van der Waals surface area contributed by atoms with Crippen LogP contribution in [0.5, 0.6) is 0 Å². The topological polar surface area (TPSA) is 17.0 Å². The van der Waals surface area contributed by atoms with Gasteiger partial charge in [0.1, 0.15) is 0 Å². The third-order valence-electron chi connectivity index (χ3n) is 4.82. The van der Waals surface area contributed by atoms with Crippen LogP contribution in [-0.4, -0.2) is 4.68 Å². The molecule has 1 aliphatic rings. The highest BCUT2D eigenvalue weighted by molar-refractivity contribution is 5.24. The first kappa shape index (κ1) is 14.2. The van der Waals surface area contributed by atoms with E-state index >= 15 is 0 Å². The van der Waals surface area contributed by atoms with Crippen molar-refractivity contribution in [1.29, 1.82) is 0 Å². The van der Waals surface area contributed by atoms with E-state index in [9.17, 15) is 0 Å². The number of rotatable bonds is 4. The first-order valence-corrected chi connectivity index (χ1v) is 8.22. The van der Waals surface area contributed by atoms with Gasteiger partial charge >= 0.3 is 0 Å². The Labute approximate surface area is 128 Å². The minimum absolute atomic E-state index is 0.413. The van der Waals surface area contributed by atoms with Crippen molar-refractivity contribution < 1.29 is 0 Å². The summed E-state index contributed by atoms with van der Waals surface area (Å²) < 4.78 is 2.26. The molecule has 112 valence electrons. The monoisotopic (exact) mass is 282 g/mol. The number of benzene rings is 1. The van der Waals surface area contributed by atoms with Gasteiger partial charge in [-0.25, -0.2) is 0 Å². The molecule has 21 heavy (non-hydrogen) atoms. The number of hydrogen-bond donors (Lipinski definition) is 1. The van der Waals surface area contributed by atoms with Crippen LogP contribution in [-0.2, 0) is 0 Å². The molecule has 2 heteroatoms. The van der Waals surface area contributed by atoms with Gasteiger partial charge in [-0.2, -0.15) is 0 Å². The van der Waals surface area contributed by atoms with Gasteiger partial charge in [0, 0.05) is 11.4 Å². The number of hydrogen-bond acceptors (Lipinski definition) is 1. The summed E-state index contributed by atoms with van der Waals surface area (Å²) in [6.45, 7) is 4.34. The quantitative estimate of drug-likeness (QED) is 0.837. The Morgan fingerprint density at radius 1 is 0.905 bits per heavy atom. The first-order valence-electron chi connectivity index (χ1n) is 8.22. The summed E-state index contributed by atoms with van der Waals surface area (Å²) in [6.07, 6.45) is 6.83.